The summed E-state index contributed by atoms with van der Waals surface area (Å²) in [7, 11) is 0. The Balaban J connectivity index is 2.89. The molecule has 0 aliphatic heterocycles. The van der Waals surface area contributed by atoms with Gasteiger partial charge in [-0.3, -0.25) is 0 Å². The van der Waals surface area contributed by atoms with Crippen molar-refractivity contribution in [1.29, 1.82) is 0 Å². The first kappa shape index (κ1) is 11.3. The number of thioether (sulfide) groups is 1. The summed E-state index contributed by atoms with van der Waals surface area (Å²) in [6, 6.07) is 0. The number of hydrogen-bond acceptors (Lipinski definition) is 2. The lowest BCUT2D eigenvalue weighted by Crippen LogP contribution is -2.10. The van der Waals surface area contributed by atoms with Gasteiger partial charge in [0.15, 0.2) is 0 Å². The summed E-state index contributed by atoms with van der Waals surface area (Å²) in [4.78, 5) is 0. The molecular formula is C9H21NS. The molecule has 0 saturated heterocycles. The summed E-state index contributed by atoms with van der Waals surface area (Å²) < 4.78 is 0. The van der Waals surface area contributed by atoms with E-state index in [1.54, 1.807) is 0 Å². The van der Waals surface area contributed by atoms with Crippen LogP contribution in [0, 0.1) is 5.92 Å². The molecule has 11 heavy (non-hydrogen) atoms. The van der Waals surface area contributed by atoms with Crippen LogP contribution in [-0.2, 0) is 0 Å². The van der Waals surface area contributed by atoms with Crippen LogP contribution in [0.3, 0.4) is 0 Å². The first-order valence-corrected chi connectivity index (χ1v) is 5.74. The molecule has 1 nitrogen and oxygen atoms in total. The van der Waals surface area contributed by atoms with Gasteiger partial charge in [0, 0.05) is 0 Å². The molecule has 68 valence electrons. The highest BCUT2D eigenvalue weighted by Gasteiger charge is 1.97. The van der Waals surface area contributed by atoms with E-state index >= 15 is 0 Å². The summed E-state index contributed by atoms with van der Waals surface area (Å²) in [6.07, 6.45) is 4.02. The minimum atomic E-state index is 0.724. The summed E-state index contributed by atoms with van der Waals surface area (Å²) in [6.45, 7) is 5.29. The normalized spacial score (nSPS) is 13.4. The lowest BCUT2D eigenvalue weighted by Gasteiger charge is -2.06. The molecule has 2 heteroatoms. The van der Waals surface area contributed by atoms with Gasteiger partial charge in [-0.15, -0.1) is 0 Å². The minimum absolute atomic E-state index is 0.724. The summed E-state index contributed by atoms with van der Waals surface area (Å²) in [5.41, 5.74) is 5.51. The zero-order valence-corrected chi connectivity index (χ0v) is 8.62. The molecule has 0 aromatic rings. The topological polar surface area (TPSA) is 26.0 Å². The average Bonchev–Trinajstić information content (AvgIpc) is 2.04. The average molecular weight is 175 g/mol. The number of nitrogens with two attached hydrogens (primary N) is 1. The molecule has 0 amide bonds. The first-order valence-electron chi connectivity index (χ1n) is 4.59. The van der Waals surface area contributed by atoms with Crippen molar-refractivity contribution in [3.8, 4) is 0 Å². The molecule has 0 radical (unpaired) electrons. The third kappa shape index (κ3) is 8.21. The predicted molar refractivity (Wildman–Crippen MR) is 55.1 cm³/mol. The Morgan fingerprint density at radius 2 is 2.09 bits per heavy atom. The van der Waals surface area contributed by atoms with Crippen molar-refractivity contribution in [3.63, 3.8) is 0 Å². The Kier molecular flexibility index (Phi) is 8.64. The third-order valence-corrected chi connectivity index (χ3v) is 2.83. The number of hydrogen-bond donors (Lipinski definition) is 1. The lowest BCUT2D eigenvalue weighted by atomic mass is 10.1. The Bertz CT molecular complexity index is 76.0. The highest BCUT2D eigenvalue weighted by Crippen LogP contribution is 2.09. The maximum atomic E-state index is 5.51. The fraction of sp³-hybridized carbons (Fsp3) is 1.00. The first-order chi connectivity index (χ1) is 5.31. The minimum Gasteiger partial charge on any atom is -0.330 e. The molecule has 1 atom stereocenters. The van der Waals surface area contributed by atoms with E-state index in [9.17, 15) is 0 Å². The molecular weight excluding hydrogens is 154 g/mol. The van der Waals surface area contributed by atoms with Crippen LogP contribution in [-0.4, -0.2) is 18.1 Å². The molecule has 0 fully saturated rings. The van der Waals surface area contributed by atoms with E-state index in [1.165, 1.54) is 30.8 Å². The van der Waals surface area contributed by atoms with Crippen LogP contribution in [0.25, 0.3) is 0 Å². The van der Waals surface area contributed by atoms with Crippen molar-refractivity contribution < 1.29 is 0 Å². The fourth-order valence-corrected chi connectivity index (χ4v) is 1.66. The van der Waals surface area contributed by atoms with Crippen LogP contribution < -0.4 is 5.73 Å². The van der Waals surface area contributed by atoms with Gasteiger partial charge in [0.25, 0.3) is 0 Å². The second-order valence-electron chi connectivity index (χ2n) is 3.03. The SMILES string of the molecule is CCSCCCCC(C)CN. The van der Waals surface area contributed by atoms with E-state index < -0.39 is 0 Å². The third-order valence-electron chi connectivity index (χ3n) is 1.84. The van der Waals surface area contributed by atoms with E-state index in [4.69, 9.17) is 5.73 Å². The van der Waals surface area contributed by atoms with Gasteiger partial charge in [-0.05, 0) is 36.8 Å². The monoisotopic (exact) mass is 175 g/mol. The second-order valence-corrected chi connectivity index (χ2v) is 4.43. The van der Waals surface area contributed by atoms with Gasteiger partial charge >= 0.3 is 0 Å². The van der Waals surface area contributed by atoms with E-state index in [-0.39, 0.29) is 0 Å². The van der Waals surface area contributed by atoms with Crippen molar-refractivity contribution in [2.45, 2.75) is 33.1 Å². The Hall–Kier alpha value is 0.310. The number of rotatable bonds is 7. The lowest BCUT2D eigenvalue weighted by molar-refractivity contribution is 0.517. The molecule has 1 unspecified atom stereocenters. The van der Waals surface area contributed by atoms with Gasteiger partial charge in [-0.2, -0.15) is 11.8 Å². The van der Waals surface area contributed by atoms with Gasteiger partial charge in [0.05, 0.1) is 0 Å². The molecule has 0 saturated carbocycles. The fourth-order valence-electron chi connectivity index (χ4n) is 0.959. The smallest absolute Gasteiger partial charge is 0.00515 e. The van der Waals surface area contributed by atoms with Gasteiger partial charge in [0.2, 0.25) is 0 Å². The van der Waals surface area contributed by atoms with E-state index in [0.717, 1.165) is 12.5 Å². The number of unbranched alkanes of at least 4 members (excludes halogenated alkanes) is 1. The summed E-state index contributed by atoms with van der Waals surface area (Å²) in [5, 5.41) is 0. The van der Waals surface area contributed by atoms with Crippen molar-refractivity contribution in [2.75, 3.05) is 18.1 Å². The zero-order valence-electron chi connectivity index (χ0n) is 7.81. The van der Waals surface area contributed by atoms with Gasteiger partial charge < -0.3 is 5.73 Å². The zero-order chi connectivity index (χ0) is 8.53. The van der Waals surface area contributed by atoms with Crippen molar-refractivity contribution in [2.24, 2.45) is 11.7 Å². The molecule has 0 rings (SSSR count). The molecule has 2 N–H and O–H groups in total. The largest absolute Gasteiger partial charge is 0.330 e. The van der Waals surface area contributed by atoms with E-state index in [1.807, 2.05) is 11.8 Å². The highest BCUT2D eigenvalue weighted by atomic mass is 32.2. The molecule has 0 spiro atoms. The quantitative estimate of drug-likeness (QED) is 0.602. The van der Waals surface area contributed by atoms with E-state index in [0.29, 0.717) is 0 Å². The van der Waals surface area contributed by atoms with Crippen LogP contribution in [0.2, 0.25) is 0 Å². The van der Waals surface area contributed by atoms with Crippen molar-refractivity contribution in [1.82, 2.24) is 0 Å². The van der Waals surface area contributed by atoms with Gasteiger partial charge in [0.1, 0.15) is 0 Å². The Labute approximate surface area is 75.1 Å². The van der Waals surface area contributed by atoms with Crippen LogP contribution >= 0.6 is 11.8 Å². The van der Waals surface area contributed by atoms with Gasteiger partial charge in [-0.1, -0.05) is 20.3 Å². The summed E-state index contributed by atoms with van der Waals surface area (Å²) >= 11 is 2.04. The summed E-state index contributed by atoms with van der Waals surface area (Å²) in [5.74, 6) is 3.31. The van der Waals surface area contributed by atoms with Crippen molar-refractivity contribution >= 4 is 11.8 Å². The Morgan fingerprint density at radius 1 is 1.36 bits per heavy atom. The molecule has 0 aromatic heterocycles. The van der Waals surface area contributed by atoms with Crippen LogP contribution in [0.5, 0.6) is 0 Å². The standard InChI is InChI=1S/C9H21NS/c1-3-11-7-5-4-6-9(2)8-10/h9H,3-8,10H2,1-2H3. The molecule has 0 bridgehead atoms. The maximum absolute atomic E-state index is 5.51. The molecule has 0 aliphatic rings. The molecule has 0 aromatic carbocycles. The van der Waals surface area contributed by atoms with Crippen LogP contribution in [0.15, 0.2) is 0 Å². The van der Waals surface area contributed by atoms with Gasteiger partial charge in [-0.25, -0.2) is 0 Å². The van der Waals surface area contributed by atoms with Crippen LogP contribution in [0.1, 0.15) is 33.1 Å². The van der Waals surface area contributed by atoms with Crippen molar-refractivity contribution in [3.05, 3.63) is 0 Å². The predicted octanol–water partition coefficient (Wildman–Crippen LogP) is 2.50. The Morgan fingerprint density at radius 3 is 2.64 bits per heavy atom. The van der Waals surface area contributed by atoms with E-state index in [2.05, 4.69) is 13.8 Å². The maximum Gasteiger partial charge on any atom is -0.00515 e. The second kappa shape index (κ2) is 8.41. The highest BCUT2D eigenvalue weighted by molar-refractivity contribution is 7.99. The van der Waals surface area contributed by atoms with Crippen LogP contribution in [0.4, 0.5) is 0 Å². The molecule has 0 heterocycles. The molecule has 0 aliphatic carbocycles.